The highest BCUT2D eigenvalue weighted by molar-refractivity contribution is 7.89. The molecule has 0 aliphatic heterocycles. The Kier molecular flexibility index (Phi) is 5.23. The van der Waals surface area contributed by atoms with E-state index in [-0.39, 0.29) is 18.1 Å². The number of carbonyl (C=O) groups excluding carboxylic acids is 1. The molecule has 2 N–H and O–H groups in total. The molecular formula is C18H23N3O5S. The van der Waals surface area contributed by atoms with Crippen molar-refractivity contribution in [3.63, 3.8) is 0 Å². The van der Waals surface area contributed by atoms with E-state index in [2.05, 4.69) is 10.3 Å². The monoisotopic (exact) mass is 393 g/mol. The molecule has 0 unspecified atom stereocenters. The lowest BCUT2D eigenvalue weighted by Crippen LogP contribution is -2.56. The highest BCUT2D eigenvalue weighted by atomic mass is 32.2. The van der Waals surface area contributed by atoms with Gasteiger partial charge in [-0.3, -0.25) is 4.79 Å². The van der Waals surface area contributed by atoms with Crippen LogP contribution in [0.3, 0.4) is 0 Å². The van der Waals surface area contributed by atoms with Gasteiger partial charge in [-0.2, -0.15) is 0 Å². The molecule has 0 saturated heterocycles. The average Bonchev–Trinajstić information content (AvgIpc) is 2.91. The summed E-state index contributed by atoms with van der Waals surface area (Å²) in [5, 5.41) is 12.3. The number of imidazole rings is 1. The number of aromatic nitrogens is 2. The molecule has 0 spiro atoms. The van der Waals surface area contributed by atoms with E-state index in [1.54, 1.807) is 28.8 Å². The summed E-state index contributed by atoms with van der Waals surface area (Å²) in [5.41, 5.74) is -0.0169. The number of hydrogen-bond donors (Lipinski definition) is 2. The number of benzene rings is 1. The zero-order chi connectivity index (χ0) is 19.7. The number of fused-ring (bicyclic) bond motifs is 1. The summed E-state index contributed by atoms with van der Waals surface area (Å²) in [5.74, 6) is -1.51. The molecule has 1 heterocycles. The van der Waals surface area contributed by atoms with E-state index >= 15 is 0 Å². The number of para-hydroxylation sites is 2. The Balaban J connectivity index is 1.89. The first kappa shape index (κ1) is 19.3. The van der Waals surface area contributed by atoms with E-state index in [9.17, 15) is 23.1 Å². The number of rotatable bonds is 6. The summed E-state index contributed by atoms with van der Waals surface area (Å²) in [6.07, 6.45) is 4.36. The van der Waals surface area contributed by atoms with Crippen molar-refractivity contribution in [1.82, 2.24) is 14.9 Å². The van der Waals surface area contributed by atoms with Gasteiger partial charge in [0, 0.05) is 6.26 Å². The largest absolute Gasteiger partial charge is 0.480 e. The maximum Gasteiger partial charge on any atom is 0.329 e. The highest BCUT2D eigenvalue weighted by Gasteiger charge is 2.41. The van der Waals surface area contributed by atoms with Crippen LogP contribution in [0.4, 0.5) is 0 Å². The third kappa shape index (κ3) is 4.29. The first-order valence-electron chi connectivity index (χ1n) is 8.86. The Morgan fingerprint density at radius 3 is 2.52 bits per heavy atom. The van der Waals surface area contributed by atoms with E-state index < -0.39 is 27.3 Å². The molecule has 1 aromatic carbocycles. The minimum atomic E-state index is -3.34. The molecule has 0 bridgehead atoms. The van der Waals surface area contributed by atoms with Crippen molar-refractivity contribution < 1.29 is 23.1 Å². The molecule has 27 heavy (non-hydrogen) atoms. The van der Waals surface area contributed by atoms with Crippen molar-refractivity contribution in [2.45, 2.75) is 49.9 Å². The molecule has 8 nitrogen and oxygen atoms in total. The predicted octanol–water partition coefficient (Wildman–Crippen LogP) is 1.48. The van der Waals surface area contributed by atoms with Gasteiger partial charge in [0.05, 0.1) is 11.0 Å². The summed E-state index contributed by atoms with van der Waals surface area (Å²) in [6.45, 7) is -0.180. The van der Waals surface area contributed by atoms with Gasteiger partial charge in [0.25, 0.3) is 0 Å². The number of nitrogens with one attached hydrogen (secondary N) is 1. The normalized spacial score (nSPS) is 16.9. The molecule has 146 valence electrons. The second kappa shape index (κ2) is 7.30. The predicted molar refractivity (Wildman–Crippen MR) is 99.9 cm³/mol. The smallest absolute Gasteiger partial charge is 0.329 e. The number of carboxylic acid groups (broad SMARTS) is 1. The average molecular weight is 393 g/mol. The number of carbonyl (C=O) groups is 2. The van der Waals surface area contributed by atoms with Crippen molar-refractivity contribution in [1.29, 1.82) is 0 Å². The molecule has 2 aromatic rings. The SMILES string of the molecule is CS(=O)(=O)Cc1nc2ccccc2n1CC(=O)NC1(C(=O)O)CCCCC1. The molecule has 0 radical (unpaired) electrons. The topological polar surface area (TPSA) is 118 Å². The summed E-state index contributed by atoms with van der Waals surface area (Å²) in [7, 11) is -3.34. The zero-order valence-corrected chi connectivity index (χ0v) is 16.0. The molecule has 1 aromatic heterocycles. The van der Waals surface area contributed by atoms with Crippen LogP contribution in [-0.2, 0) is 31.7 Å². The summed E-state index contributed by atoms with van der Waals surface area (Å²) >= 11 is 0. The maximum atomic E-state index is 12.7. The number of carboxylic acids is 1. The van der Waals surface area contributed by atoms with Crippen LogP contribution in [-0.4, -0.2) is 46.7 Å². The quantitative estimate of drug-likeness (QED) is 0.767. The third-order valence-corrected chi connectivity index (χ3v) is 5.70. The van der Waals surface area contributed by atoms with E-state index in [0.717, 1.165) is 25.5 Å². The van der Waals surface area contributed by atoms with Crippen molar-refractivity contribution in [2.24, 2.45) is 0 Å². The van der Waals surface area contributed by atoms with Crippen LogP contribution in [0, 0.1) is 0 Å². The Morgan fingerprint density at radius 1 is 1.22 bits per heavy atom. The number of aliphatic carboxylic acids is 1. The van der Waals surface area contributed by atoms with E-state index in [4.69, 9.17) is 0 Å². The van der Waals surface area contributed by atoms with Gasteiger partial charge in [-0.15, -0.1) is 0 Å². The zero-order valence-electron chi connectivity index (χ0n) is 15.1. The lowest BCUT2D eigenvalue weighted by Gasteiger charge is -2.34. The van der Waals surface area contributed by atoms with Crippen molar-refractivity contribution >= 4 is 32.7 Å². The third-order valence-electron chi connectivity index (χ3n) is 4.92. The first-order valence-corrected chi connectivity index (χ1v) is 10.9. The molecular weight excluding hydrogens is 370 g/mol. The van der Waals surface area contributed by atoms with Gasteiger partial charge < -0.3 is 15.0 Å². The van der Waals surface area contributed by atoms with Crippen LogP contribution in [0.1, 0.15) is 37.9 Å². The van der Waals surface area contributed by atoms with Gasteiger partial charge in [0.1, 0.15) is 23.7 Å². The lowest BCUT2D eigenvalue weighted by atomic mass is 9.81. The van der Waals surface area contributed by atoms with Gasteiger partial charge in [0.15, 0.2) is 9.84 Å². The van der Waals surface area contributed by atoms with E-state index in [0.29, 0.717) is 23.9 Å². The van der Waals surface area contributed by atoms with Crippen LogP contribution in [0.5, 0.6) is 0 Å². The molecule has 1 saturated carbocycles. The summed E-state index contributed by atoms with van der Waals surface area (Å²) in [6, 6.07) is 7.07. The second-order valence-corrected chi connectivity index (χ2v) is 9.31. The van der Waals surface area contributed by atoms with Gasteiger partial charge in [-0.05, 0) is 25.0 Å². The minimum absolute atomic E-state index is 0.180. The van der Waals surface area contributed by atoms with Crippen LogP contribution in [0.25, 0.3) is 11.0 Å². The molecule has 1 aliphatic carbocycles. The molecule has 1 aliphatic rings. The lowest BCUT2D eigenvalue weighted by molar-refractivity contribution is -0.149. The van der Waals surface area contributed by atoms with Gasteiger partial charge in [-0.25, -0.2) is 18.2 Å². The molecule has 1 fully saturated rings. The van der Waals surface area contributed by atoms with Crippen molar-refractivity contribution in [3.05, 3.63) is 30.1 Å². The van der Waals surface area contributed by atoms with Crippen molar-refractivity contribution in [2.75, 3.05) is 6.26 Å². The Morgan fingerprint density at radius 2 is 1.89 bits per heavy atom. The van der Waals surface area contributed by atoms with Crippen LogP contribution in [0.15, 0.2) is 24.3 Å². The fraction of sp³-hybridized carbons (Fsp3) is 0.500. The molecule has 0 atom stereocenters. The number of hydrogen-bond acceptors (Lipinski definition) is 5. The summed E-state index contributed by atoms with van der Waals surface area (Å²) < 4.78 is 25.0. The fourth-order valence-corrected chi connectivity index (χ4v) is 4.33. The van der Waals surface area contributed by atoms with Gasteiger partial charge >= 0.3 is 5.97 Å². The van der Waals surface area contributed by atoms with Crippen molar-refractivity contribution in [3.8, 4) is 0 Å². The fourth-order valence-electron chi connectivity index (χ4n) is 3.64. The number of amides is 1. The second-order valence-electron chi connectivity index (χ2n) is 7.17. The van der Waals surface area contributed by atoms with E-state index in [1.807, 2.05) is 0 Å². The van der Waals surface area contributed by atoms with Crippen LogP contribution in [0.2, 0.25) is 0 Å². The summed E-state index contributed by atoms with van der Waals surface area (Å²) in [4.78, 5) is 28.8. The van der Waals surface area contributed by atoms with E-state index in [1.165, 1.54) is 0 Å². The van der Waals surface area contributed by atoms with Gasteiger partial charge in [-0.1, -0.05) is 31.4 Å². The van der Waals surface area contributed by atoms with Crippen LogP contribution < -0.4 is 5.32 Å². The molecule has 3 rings (SSSR count). The standard InChI is InChI=1S/C18H23N3O5S/c1-27(25,26)12-15-19-13-7-3-4-8-14(13)21(15)11-16(22)20-18(17(23)24)9-5-2-6-10-18/h3-4,7-8H,2,5-6,9-12H2,1H3,(H,20,22)(H,23,24). The maximum absolute atomic E-state index is 12.7. The Labute approximate surface area is 157 Å². The van der Waals surface area contributed by atoms with Gasteiger partial charge in [0.2, 0.25) is 5.91 Å². The number of sulfone groups is 1. The Hall–Kier alpha value is -2.42. The first-order chi connectivity index (χ1) is 12.7. The number of nitrogens with zero attached hydrogens (tertiary/aromatic N) is 2. The van der Waals surface area contributed by atoms with Crippen LogP contribution >= 0.6 is 0 Å². The molecule has 1 amide bonds. The molecule has 9 heteroatoms. The minimum Gasteiger partial charge on any atom is -0.480 e. The highest BCUT2D eigenvalue weighted by Crippen LogP contribution is 2.28. The Bertz CT molecular complexity index is 974.